The number of benzene rings is 4. The number of nitriles is 1. The first-order chi connectivity index (χ1) is 24.5. The van der Waals surface area contributed by atoms with Gasteiger partial charge in [0, 0.05) is 28.1 Å². The van der Waals surface area contributed by atoms with Crippen LogP contribution >= 0.6 is 0 Å². The van der Waals surface area contributed by atoms with Gasteiger partial charge in [-0.25, -0.2) is 9.97 Å². The van der Waals surface area contributed by atoms with E-state index in [0.717, 1.165) is 61.9 Å². The molecule has 2 aliphatic carbocycles. The highest BCUT2D eigenvalue weighted by Gasteiger charge is 2.45. The van der Waals surface area contributed by atoms with Crippen LogP contribution in [0.5, 0.6) is 0 Å². The third kappa shape index (κ3) is 5.25. The van der Waals surface area contributed by atoms with E-state index in [-0.39, 0.29) is 5.41 Å². The van der Waals surface area contributed by atoms with E-state index in [0.29, 0.717) is 23.2 Å². The molecule has 2 saturated carbocycles. The summed E-state index contributed by atoms with van der Waals surface area (Å²) in [6.07, 6.45) is 8.40. The van der Waals surface area contributed by atoms with Gasteiger partial charge in [0.15, 0.2) is 11.6 Å². The van der Waals surface area contributed by atoms with Gasteiger partial charge >= 0.3 is 0 Å². The summed E-state index contributed by atoms with van der Waals surface area (Å²) in [5, 5.41) is 11.4. The van der Waals surface area contributed by atoms with Crippen molar-refractivity contribution < 1.29 is 0 Å². The molecule has 2 aliphatic rings. The molecular weight excluding hydrogens is 613 g/mol. The molecule has 0 aliphatic heterocycles. The molecule has 244 valence electrons. The molecule has 7 aromatic rings. The Bertz CT molecular complexity index is 2330. The second kappa shape index (κ2) is 12.0. The Labute approximate surface area is 292 Å². The Morgan fingerprint density at radius 2 is 1.22 bits per heavy atom. The zero-order valence-electron chi connectivity index (χ0n) is 28.4. The molecule has 6 nitrogen and oxygen atoms in total. The van der Waals surface area contributed by atoms with Crippen LogP contribution in [-0.4, -0.2) is 24.5 Å². The molecule has 6 heteroatoms. The fourth-order valence-electron chi connectivity index (χ4n) is 9.30. The highest BCUT2D eigenvalue weighted by atomic mass is 15.2. The van der Waals surface area contributed by atoms with Crippen LogP contribution in [0.25, 0.3) is 61.8 Å². The van der Waals surface area contributed by atoms with Gasteiger partial charge in [-0.05, 0) is 102 Å². The van der Waals surface area contributed by atoms with Crippen molar-refractivity contribution in [3.05, 3.63) is 127 Å². The van der Waals surface area contributed by atoms with Crippen molar-refractivity contribution in [1.82, 2.24) is 24.5 Å². The first-order valence-electron chi connectivity index (χ1n) is 17.8. The number of pyridine rings is 1. The topological polar surface area (TPSA) is 80.3 Å². The van der Waals surface area contributed by atoms with Crippen LogP contribution in [-0.2, 0) is 5.41 Å². The zero-order chi connectivity index (χ0) is 33.8. The standard InChI is InChI=1S/C44H38N6/c1-28-22-31-23-29(2)25-44(24-28,26-31)36-19-17-35(18-20-36)41-47-40(34-15-13-33(14-16-34)32-11-9-30(27-45)10-12-32)48-43(49-41)50-39-8-4-3-6-37(39)38-7-5-21-46-42(38)50/h3-21,28-29,31H,22-26H2,1-2H3/t28-,29+,31?,44-. The van der Waals surface area contributed by atoms with Crippen molar-refractivity contribution >= 4 is 21.9 Å². The second-order valence-electron chi connectivity index (χ2n) is 14.8. The van der Waals surface area contributed by atoms with Gasteiger partial charge in [0.2, 0.25) is 5.95 Å². The van der Waals surface area contributed by atoms with Crippen molar-refractivity contribution in [2.45, 2.75) is 51.4 Å². The lowest BCUT2D eigenvalue weighted by Gasteiger charge is -2.50. The summed E-state index contributed by atoms with van der Waals surface area (Å²) in [7, 11) is 0. The van der Waals surface area contributed by atoms with E-state index in [1.165, 1.54) is 37.7 Å². The van der Waals surface area contributed by atoms with Crippen LogP contribution in [0, 0.1) is 29.1 Å². The summed E-state index contributed by atoms with van der Waals surface area (Å²) in [5.41, 5.74) is 8.17. The highest BCUT2D eigenvalue weighted by Crippen LogP contribution is 2.54. The van der Waals surface area contributed by atoms with Gasteiger partial charge in [-0.3, -0.25) is 4.57 Å². The van der Waals surface area contributed by atoms with Crippen LogP contribution in [0.4, 0.5) is 0 Å². The average Bonchev–Trinajstić information content (AvgIpc) is 3.49. The van der Waals surface area contributed by atoms with E-state index < -0.39 is 0 Å². The predicted octanol–water partition coefficient (Wildman–Crippen LogP) is 10.3. The maximum absolute atomic E-state index is 9.23. The largest absolute Gasteiger partial charge is 0.262 e. The van der Waals surface area contributed by atoms with E-state index >= 15 is 0 Å². The fraction of sp³-hybridized carbons (Fsp3) is 0.250. The molecule has 50 heavy (non-hydrogen) atoms. The molecule has 0 saturated heterocycles. The van der Waals surface area contributed by atoms with E-state index in [9.17, 15) is 5.26 Å². The molecule has 2 bridgehead atoms. The Balaban J connectivity index is 1.17. The molecule has 4 aromatic carbocycles. The summed E-state index contributed by atoms with van der Waals surface area (Å²) in [6.45, 7) is 4.89. The third-order valence-corrected chi connectivity index (χ3v) is 11.1. The van der Waals surface area contributed by atoms with Crippen LogP contribution in [0.1, 0.15) is 57.1 Å². The summed E-state index contributed by atoms with van der Waals surface area (Å²) >= 11 is 0. The number of hydrogen-bond acceptors (Lipinski definition) is 5. The van der Waals surface area contributed by atoms with Crippen molar-refractivity contribution in [1.29, 1.82) is 5.26 Å². The minimum Gasteiger partial charge on any atom is -0.262 e. The van der Waals surface area contributed by atoms with E-state index in [4.69, 9.17) is 19.9 Å². The maximum atomic E-state index is 9.23. The minimum atomic E-state index is 0.263. The molecule has 9 rings (SSSR count). The second-order valence-corrected chi connectivity index (χ2v) is 14.8. The first-order valence-corrected chi connectivity index (χ1v) is 17.8. The lowest BCUT2D eigenvalue weighted by atomic mass is 9.54. The molecule has 0 amide bonds. The van der Waals surface area contributed by atoms with Gasteiger partial charge in [0.25, 0.3) is 0 Å². The van der Waals surface area contributed by atoms with E-state index in [2.05, 4.69) is 97.3 Å². The number of para-hydroxylation sites is 1. The number of nitrogens with zero attached hydrogens (tertiary/aromatic N) is 6. The normalized spacial score (nSPS) is 21.7. The van der Waals surface area contributed by atoms with Crippen molar-refractivity contribution in [2.75, 3.05) is 0 Å². The molecular formula is C44H38N6. The summed E-state index contributed by atoms with van der Waals surface area (Å²) < 4.78 is 2.06. The first kappa shape index (κ1) is 30.4. The smallest absolute Gasteiger partial charge is 0.240 e. The molecule has 3 aromatic heterocycles. The van der Waals surface area contributed by atoms with E-state index in [1.807, 2.05) is 42.6 Å². The van der Waals surface area contributed by atoms with Crippen LogP contribution in [0.2, 0.25) is 0 Å². The lowest BCUT2D eigenvalue weighted by Crippen LogP contribution is -2.42. The molecule has 2 fully saturated rings. The quantitative estimate of drug-likeness (QED) is 0.185. The maximum Gasteiger partial charge on any atom is 0.240 e. The summed E-state index contributed by atoms with van der Waals surface area (Å²) in [4.78, 5) is 20.2. The molecule has 1 unspecified atom stereocenters. The van der Waals surface area contributed by atoms with Crippen LogP contribution < -0.4 is 0 Å². The monoisotopic (exact) mass is 650 g/mol. The Kier molecular flexibility index (Phi) is 7.31. The van der Waals surface area contributed by atoms with Gasteiger partial charge < -0.3 is 0 Å². The summed E-state index contributed by atoms with van der Waals surface area (Å²) in [5.74, 6) is 4.14. The van der Waals surface area contributed by atoms with Crippen LogP contribution in [0.15, 0.2) is 115 Å². The number of fused-ring (bicyclic) bond motifs is 5. The van der Waals surface area contributed by atoms with Crippen molar-refractivity contribution in [2.24, 2.45) is 17.8 Å². The van der Waals surface area contributed by atoms with Gasteiger partial charge in [-0.1, -0.05) is 92.7 Å². The lowest BCUT2D eigenvalue weighted by molar-refractivity contribution is 0.0780. The Hall–Kier alpha value is -5.67. The molecule has 3 heterocycles. The molecule has 0 N–H and O–H groups in total. The van der Waals surface area contributed by atoms with Gasteiger partial charge in [-0.2, -0.15) is 15.2 Å². The van der Waals surface area contributed by atoms with Gasteiger partial charge in [-0.15, -0.1) is 0 Å². The summed E-state index contributed by atoms with van der Waals surface area (Å²) in [6, 6.07) is 39.7. The zero-order valence-corrected chi connectivity index (χ0v) is 28.4. The SMILES string of the molecule is C[C@@H]1CC2C[C@H](C)C[C@@](c3ccc(-c4nc(-c5ccc(-c6ccc(C#N)cc6)cc5)nc(-n5c6ccccc6c6cccnc65)n4)cc3)(C2)C1. The highest BCUT2D eigenvalue weighted by molar-refractivity contribution is 6.07. The number of hydrogen-bond donors (Lipinski definition) is 0. The van der Waals surface area contributed by atoms with E-state index in [1.54, 1.807) is 0 Å². The molecule has 0 spiro atoms. The minimum absolute atomic E-state index is 0.263. The molecule has 0 radical (unpaired) electrons. The molecule has 4 atom stereocenters. The third-order valence-electron chi connectivity index (χ3n) is 11.1. The van der Waals surface area contributed by atoms with Crippen molar-refractivity contribution in [3.8, 4) is 45.9 Å². The number of aromatic nitrogens is 5. The average molecular weight is 651 g/mol. The predicted molar refractivity (Wildman–Crippen MR) is 200 cm³/mol. The van der Waals surface area contributed by atoms with Gasteiger partial charge in [0.1, 0.15) is 5.65 Å². The Morgan fingerprint density at radius 1 is 0.640 bits per heavy atom. The van der Waals surface area contributed by atoms with Crippen molar-refractivity contribution in [3.63, 3.8) is 0 Å². The number of rotatable bonds is 5. The van der Waals surface area contributed by atoms with Gasteiger partial charge in [0.05, 0.1) is 17.1 Å². The fourth-order valence-corrected chi connectivity index (χ4v) is 9.30. The Morgan fingerprint density at radius 3 is 1.88 bits per heavy atom. The van der Waals surface area contributed by atoms with Crippen LogP contribution in [0.3, 0.4) is 0 Å².